The molecule has 0 aromatic rings. The van der Waals surface area contributed by atoms with Gasteiger partial charge in [0, 0.05) is 13.2 Å². The highest BCUT2D eigenvalue weighted by Gasteiger charge is 2.45. The minimum absolute atomic E-state index is 0.227. The molecule has 0 spiro atoms. The summed E-state index contributed by atoms with van der Waals surface area (Å²) in [5.74, 6) is -0.321. The topological polar surface area (TPSA) is 80.0 Å². The van der Waals surface area contributed by atoms with Gasteiger partial charge < -0.3 is 24.7 Å². The smallest absolute Gasteiger partial charge is 0.315 e. The van der Waals surface area contributed by atoms with Crippen LogP contribution in [-0.4, -0.2) is 58.8 Å². The van der Waals surface area contributed by atoms with Gasteiger partial charge in [-0.25, -0.2) is 0 Å². The SMILES string of the molecule is COCCOCCOC(=O)C1(C)COCC1N. The van der Waals surface area contributed by atoms with Crippen LogP contribution >= 0.6 is 0 Å². The summed E-state index contributed by atoms with van der Waals surface area (Å²) in [5.41, 5.74) is 5.08. The zero-order valence-electron chi connectivity index (χ0n) is 10.4. The van der Waals surface area contributed by atoms with E-state index in [1.165, 1.54) is 0 Å². The molecule has 2 unspecified atom stereocenters. The van der Waals surface area contributed by atoms with E-state index >= 15 is 0 Å². The summed E-state index contributed by atoms with van der Waals surface area (Å²) in [7, 11) is 1.60. The number of ether oxygens (including phenoxy) is 4. The van der Waals surface area contributed by atoms with Crippen LogP contribution in [0.15, 0.2) is 0 Å². The number of carbonyl (C=O) groups is 1. The molecule has 1 rings (SSSR count). The number of carbonyl (C=O) groups excluding carboxylic acids is 1. The van der Waals surface area contributed by atoms with Crippen molar-refractivity contribution in [2.24, 2.45) is 11.1 Å². The van der Waals surface area contributed by atoms with E-state index in [1.54, 1.807) is 14.0 Å². The van der Waals surface area contributed by atoms with Crippen molar-refractivity contribution in [1.82, 2.24) is 0 Å². The number of esters is 1. The highest BCUT2D eigenvalue weighted by Crippen LogP contribution is 2.28. The van der Waals surface area contributed by atoms with Crippen LogP contribution < -0.4 is 5.73 Å². The van der Waals surface area contributed by atoms with Crippen LogP contribution in [0.3, 0.4) is 0 Å². The van der Waals surface area contributed by atoms with Gasteiger partial charge in [-0.3, -0.25) is 4.79 Å². The average Bonchev–Trinajstić information content (AvgIpc) is 2.65. The maximum Gasteiger partial charge on any atom is 0.315 e. The fraction of sp³-hybridized carbons (Fsp3) is 0.909. The third kappa shape index (κ3) is 3.92. The van der Waals surface area contributed by atoms with Gasteiger partial charge in [0.1, 0.15) is 12.0 Å². The fourth-order valence-corrected chi connectivity index (χ4v) is 1.50. The second kappa shape index (κ2) is 6.90. The molecule has 1 saturated heterocycles. The van der Waals surface area contributed by atoms with Gasteiger partial charge in [0.2, 0.25) is 0 Å². The van der Waals surface area contributed by atoms with Crippen molar-refractivity contribution >= 4 is 5.97 Å². The van der Waals surface area contributed by atoms with Gasteiger partial charge in [0.15, 0.2) is 0 Å². The van der Waals surface area contributed by atoms with E-state index in [1.807, 2.05) is 0 Å². The lowest BCUT2D eigenvalue weighted by atomic mass is 9.86. The highest BCUT2D eigenvalue weighted by atomic mass is 16.6. The third-order valence-electron chi connectivity index (χ3n) is 2.88. The second-order valence-corrected chi connectivity index (χ2v) is 4.28. The first-order valence-electron chi connectivity index (χ1n) is 5.68. The Hall–Kier alpha value is -0.690. The summed E-state index contributed by atoms with van der Waals surface area (Å²) in [6.07, 6.45) is 0. The Morgan fingerprint density at radius 3 is 2.71 bits per heavy atom. The van der Waals surface area contributed by atoms with Crippen LogP contribution in [0.5, 0.6) is 0 Å². The summed E-state index contributed by atoms with van der Waals surface area (Å²) in [4.78, 5) is 11.8. The van der Waals surface area contributed by atoms with Crippen LogP contribution in [0.1, 0.15) is 6.92 Å². The maximum atomic E-state index is 11.8. The molecule has 1 aliphatic rings. The van der Waals surface area contributed by atoms with Crippen LogP contribution in [0.2, 0.25) is 0 Å². The van der Waals surface area contributed by atoms with Crippen molar-refractivity contribution in [2.45, 2.75) is 13.0 Å². The number of nitrogens with two attached hydrogens (primary N) is 1. The molecule has 0 saturated carbocycles. The molecule has 0 bridgehead atoms. The molecule has 2 N–H and O–H groups in total. The zero-order valence-corrected chi connectivity index (χ0v) is 10.4. The number of hydrogen-bond acceptors (Lipinski definition) is 6. The Balaban J connectivity index is 2.16. The summed E-state index contributed by atoms with van der Waals surface area (Å²) >= 11 is 0. The van der Waals surface area contributed by atoms with E-state index in [0.29, 0.717) is 33.0 Å². The minimum atomic E-state index is -0.730. The quantitative estimate of drug-likeness (QED) is 0.485. The van der Waals surface area contributed by atoms with Crippen LogP contribution in [-0.2, 0) is 23.7 Å². The zero-order chi connectivity index (χ0) is 12.7. The van der Waals surface area contributed by atoms with Gasteiger partial charge >= 0.3 is 5.97 Å². The van der Waals surface area contributed by atoms with E-state index in [-0.39, 0.29) is 18.6 Å². The summed E-state index contributed by atoms with van der Waals surface area (Å²) in [6.45, 7) is 4.09. The number of hydrogen-bond donors (Lipinski definition) is 1. The van der Waals surface area contributed by atoms with Crippen molar-refractivity contribution in [3.8, 4) is 0 Å². The maximum absolute atomic E-state index is 11.8. The summed E-state index contributed by atoms with van der Waals surface area (Å²) in [6, 6.07) is -0.301. The molecule has 6 heteroatoms. The lowest BCUT2D eigenvalue weighted by molar-refractivity contribution is -0.157. The van der Waals surface area contributed by atoms with E-state index < -0.39 is 5.41 Å². The molecule has 0 radical (unpaired) electrons. The first-order valence-corrected chi connectivity index (χ1v) is 5.68. The molecular formula is C11H21NO5. The van der Waals surface area contributed by atoms with E-state index in [2.05, 4.69) is 0 Å². The molecule has 0 aliphatic carbocycles. The van der Waals surface area contributed by atoms with Crippen LogP contribution in [0, 0.1) is 5.41 Å². The molecule has 17 heavy (non-hydrogen) atoms. The number of rotatable bonds is 7. The van der Waals surface area contributed by atoms with Gasteiger partial charge in [0.05, 0.1) is 33.0 Å². The van der Waals surface area contributed by atoms with E-state index in [4.69, 9.17) is 24.7 Å². The molecular weight excluding hydrogens is 226 g/mol. The normalized spacial score (nSPS) is 28.3. The van der Waals surface area contributed by atoms with Crippen LogP contribution in [0.4, 0.5) is 0 Å². The van der Waals surface area contributed by atoms with Gasteiger partial charge in [-0.05, 0) is 6.92 Å². The molecule has 1 aliphatic heterocycles. The largest absolute Gasteiger partial charge is 0.463 e. The van der Waals surface area contributed by atoms with Gasteiger partial charge in [-0.15, -0.1) is 0 Å². The average molecular weight is 247 g/mol. The van der Waals surface area contributed by atoms with Gasteiger partial charge in [-0.1, -0.05) is 0 Å². The van der Waals surface area contributed by atoms with Crippen molar-refractivity contribution in [1.29, 1.82) is 0 Å². The molecule has 1 fully saturated rings. The Bertz CT molecular complexity index is 248. The first kappa shape index (κ1) is 14.4. The number of methoxy groups -OCH3 is 1. The Morgan fingerprint density at radius 2 is 2.12 bits per heavy atom. The Kier molecular flexibility index (Phi) is 5.84. The lowest BCUT2D eigenvalue weighted by Crippen LogP contribution is -2.45. The third-order valence-corrected chi connectivity index (χ3v) is 2.88. The van der Waals surface area contributed by atoms with Gasteiger partial charge in [0.25, 0.3) is 0 Å². The van der Waals surface area contributed by atoms with E-state index in [0.717, 1.165) is 0 Å². The molecule has 0 aromatic heterocycles. The first-order chi connectivity index (χ1) is 8.11. The summed E-state index contributed by atoms with van der Waals surface area (Å²) < 4.78 is 20.3. The Morgan fingerprint density at radius 1 is 1.41 bits per heavy atom. The highest BCUT2D eigenvalue weighted by molar-refractivity contribution is 5.78. The van der Waals surface area contributed by atoms with Crippen LogP contribution in [0.25, 0.3) is 0 Å². The fourth-order valence-electron chi connectivity index (χ4n) is 1.50. The monoisotopic (exact) mass is 247 g/mol. The predicted octanol–water partition coefficient (Wildman–Crippen LogP) is -0.444. The second-order valence-electron chi connectivity index (χ2n) is 4.28. The van der Waals surface area contributed by atoms with Crippen molar-refractivity contribution < 1.29 is 23.7 Å². The Labute approximate surface area is 101 Å². The molecule has 1 heterocycles. The predicted molar refractivity (Wildman–Crippen MR) is 60.6 cm³/mol. The molecule has 0 amide bonds. The van der Waals surface area contributed by atoms with Crippen molar-refractivity contribution in [2.75, 3.05) is 46.8 Å². The molecule has 2 atom stereocenters. The summed E-state index contributed by atoms with van der Waals surface area (Å²) in [5, 5.41) is 0. The lowest BCUT2D eigenvalue weighted by Gasteiger charge is -2.24. The standard InChI is InChI=1S/C11H21NO5/c1-11(8-16-7-9(11)12)10(13)17-6-5-15-4-3-14-2/h9H,3-8,12H2,1-2H3. The molecule has 100 valence electrons. The minimum Gasteiger partial charge on any atom is -0.463 e. The molecule has 0 aromatic carbocycles. The molecule has 6 nitrogen and oxygen atoms in total. The van der Waals surface area contributed by atoms with E-state index in [9.17, 15) is 4.79 Å². The van der Waals surface area contributed by atoms with Crippen molar-refractivity contribution in [3.05, 3.63) is 0 Å². The van der Waals surface area contributed by atoms with Crippen molar-refractivity contribution in [3.63, 3.8) is 0 Å². The van der Waals surface area contributed by atoms with Gasteiger partial charge in [-0.2, -0.15) is 0 Å².